The maximum absolute atomic E-state index is 12.4. The van der Waals surface area contributed by atoms with Crippen LogP contribution in [-0.4, -0.2) is 30.1 Å². The Bertz CT molecular complexity index is 745. The van der Waals surface area contributed by atoms with E-state index in [1.54, 1.807) is 6.20 Å². The van der Waals surface area contributed by atoms with Crippen LogP contribution in [0.15, 0.2) is 42.6 Å². The standard InChI is InChI=1S/C21H27N3O3/c1-2-14-26-18-10-3-4-11-19(18)27-21-16(8-7-13-23-21)15-24-20(25)17-9-5-6-12-22-17/h3-4,7-8,10-11,13,17,22H,2,5-6,9,12,14-15H2,1H3,(H,24,25). The molecule has 1 fully saturated rings. The average molecular weight is 369 g/mol. The fourth-order valence-electron chi connectivity index (χ4n) is 3.00. The van der Waals surface area contributed by atoms with E-state index in [-0.39, 0.29) is 11.9 Å². The number of benzene rings is 1. The molecular formula is C21H27N3O3. The van der Waals surface area contributed by atoms with Crippen LogP contribution in [0.2, 0.25) is 0 Å². The normalized spacial score (nSPS) is 16.6. The summed E-state index contributed by atoms with van der Waals surface area (Å²) in [6.45, 7) is 3.95. The third kappa shape index (κ3) is 5.44. The van der Waals surface area contributed by atoms with Crippen molar-refractivity contribution in [1.82, 2.24) is 15.6 Å². The Morgan fingerprint density at radius 1 is 1.22 bits per heavy atom. The van der Waals surface area contributed by atoms with E-state index < -0.39 is 0 Å². The minimum atomic E-state index is -0.108. The number of nitrogens with one attached hydrogen (secondary N) is 2. The SMILES string of the molecule is CCCOc1ccccc1Oc1ncccc1CNC(=O)C1CCCCN1. The van der Waals surface area contributed by atoms with Crippen LogP contribution in [0.5, 0.6) is 17.4 Å². The Balaban J connectivity index is 1.66. The lowest BCUT2D eigenvalue weighted by molar-refractivity contribution is -0.123. The number of hydrogen-bond acceptors (Lipinski definition) is 5. The van der Waals surface area contributed by atoms with Crippen molar-refractivity contribution in [1.29, 1.82) is 0 Å². The van der Waals surface area contributed by atoms with E-state index in [4.69, 9.17) is 9.47 Å². The Labute approximate surface area is 160 Å². The number of carbonyl (C=O) groups is 1. The van der Waals surface area contributed by atoms with Gasteiger partial charge < -0.3 is 20.1 Å². The minimum Gasteiger partial charge on any atom is -0.490 e. The topological polar surface area (TPSA) is 72.5 Å². The molecule has 1 atom stereocenters. The van der Waals surface area contributed by atoms with Gasteiger partial charge in [0.1, 0.15) is 0 Å². The van der Waals surface area contributed by atoms with Crippen molar-refractivity contribution in [2.45, 2.75) is 45.2 Å². The second-order valence-electron chi connectivity index (χ2n) is 6.59. The molecular weight excluding hydrogens is 342 g/mol. The van der Waals surface area contributed by atoms with E-state index in [2.05, 4.69) is 22.5 Å². The number of amides is 1. The van der Waals surface area contributed by atoms with Crippen LogP contribution in [-0.2, 0) is 11.3 Å². The van der Waals surface area contributed by atoms with Crippen LogP contribution in [0.25, 0.3) is 0 Å². The second kappa shape index (κ2) is 9.92. The molecule has 6 nitrogen and oxygen atoms in total. The van der Waals surface area contributed by atoms with Crippen LogP contribution >= 0.6 is 0 Å². The molecule has 2 aromatic rings. The van der Waals surface area contributed by atoms with Crippen LogP contribution in [0.1, 0.15) is 38.2 Å². The molecule has 1 aromatic heterocycles. The number of aromatic nitrogens is 1. The lowest BCUT2D eigenvalue weighted by Crippen LogP contribution is -2.46. The summed E-state index contributed by atoms with van der Waals surface area (Å²) in [5.74, 6) is 1.80. The molecule has 0 spiro atoms. The largest absolute Gasteiger partial charge is 0.490 e. The first-order valence-corrected chi connectivity index (χ1v) is 9.62. The number of piperidine rings is 1. The Morgan fingerprint density at radius 2 is 2.07 bits per heavy atom. The second-order valence-corrected chi connectivity index (χ2v) is 6.59. The maximum Gasteiger partial charge on any atom is 0.237 e. The first kappa shape index (κ1) is 19.2. The van der Waals surface area contributed by atoms with Crippen molar-refractivity contribution in [2.24, 2.45) is 0 Å². The van der Waals surface area contributed by atoms with Gasteiger partial charge in [-0.3, -0.25) is 4.79 Å². The van der Waals surface area contributed by atoms with Gasteiger partial charge >= 0.3 is 0 Å². The Morgan fingerprint density at radius 3 is 2.85 bits per heavy atom. The summed E-state index contributed by atoms with van der Waals surface area (Å²) in [5, 5.41) is 6.25. The molecule has 1 unspecified atom stereocenters. The molecule has 1 aliphatic heterocycles. The Kier molecular flexibility index (Phi) is 7.04. The van der Waals surface area contributed by atoms with E-state index in [0.717, 1.165) is 37.8 Å². The first-order chi connectivity index (χ1) is 13.3. The van der Waals surface area contributed by atoms with Crippen LogP contribution in [0.3, 0.4) is 0 Å². The highest BCUT2D eigenvalue weighted by Gasteiger charge is 2.20. The predicted molar refractivity (Wildman–Crippen MR) is 104 cm³/mol. The van der Waals surface area contributed by atoms with E-state index in [0.29, 0.717) is 30.5 Å². The summed E-state index contributed by atoms with van der Waals surface area (Å²) in [5.41, 5.74) is 0.826. The zero-order valence-electron chi connectivity index (χ0n) is 15.7. The molecule has 0 radical (unpaired) electrons. The fourth-order valence-corrected chi connectivity index (χ4v) is 3.00. The number of para-hydroxylation sites is 2. The van der Waals surface area contributed by atoms with Gasteiger partial charge in [-0.1, -0.05) is 31.5 Å². The highest BCUT2D eigenvalue weighted by Crippen LogP contribution is 2.31. The molecule has 0 aliphatic carbocycles. The lowest BCUT2D eigenvalue weighted by Gasteiger charge is -2.22. The molecule has 0 bridgehead atoms. The molecule has 27 heavy (non-hydrogen) atoms. The number of nitrogens with zero attached hydrogens (tertiary/aromatic N) is 1. The highest BCUT2D eigenvalue weighted by atomic mass is 16.5. The van der Waals surface area contributed by atoms with Gasteiger partial charge in [-0.25, -0.2) is 4.98 Å². The van der Waals surface area contributed by atoms with Gasteiger partial charge in [0.25, 0.3) is 0 Å². The van der Waals surface area contributed by atoms with Gasteiger partial charge in [0.2, 0.25) is 11.8 Å². The summed E-state index contributed by atoms with van der Waals surface area (Å²) in [4.78, 5) is 16.7. The van der Waals surface area contributed by atoms with Crippen molar-refractivity contribution in [2.75, 3.05) is 13.2 Å². The molecule has 2 N–H and O–H groups in total. The van der Waals surface area contributed by atoms with Gasteiger partial charge in [-0.15, -0.1) is 0 Å². The molecule has 0 saturated carbocycles. The van der Waals surface area contributed by atoms with Crippen LogP contribution in [0.4, 0.5) is 0 Å². The van der Waals surface area contributed by atoms with E-state index in [1.165, 1.54) is 0 Å². The van der Waals surface area contributed by atoms with Crippen molar-refractivity contribution in [3.63, 3.8) is 0 Å². The van der Waals surface area contributed by atoms with E-state index in [9.17, 15) is 4.79 Å². The number of hydrogen-bond donors (Lipinski definition) is 2. The smallest absolute Gasteiger partial charge is 0.237 e. The van der Waals surface area contributed by atoms with Gasteiger partial charge in [0.05, 0.1) is 12.6 Å². The van der Waals surface area contributed by atoms with Gasteiger partial charge in [-0.2, -0.15) is 0 Å². The molecule has 144 valence electrons. The zero-order chi connectivity index (χ0) is 18.9. The third-order valence-electron chi connectivity index (χ3n) is 4.45. The fraction of sp³-hybridized carbons (Fsp3) is 0.429. The van der Waals surface area contributed by atoms with Gasteiger partial charge in [-0.05, 0) is 44.0 Å². The number of ether oxygens (including phenoxy) is 2. The zero-order valence-corrected chi connectivity index (χ0v) is 15.7. The van der Waals surface area contributed by atoms with E-state index >= 15 is 0 Å². The molecule has 1 saturated heterocycles. The quantitative estimate of drug-likeness (QED) is 0.746. The summed E-state index contributed by atoms with van der Waals surface area (Å²) in [6, 6.07) is 11.2. The molecule has 2 heterocycles. The molecule has 1 amide bonds. The average Bonchev–Trinajstić information content (AvgIpc) is 2.73. The van der Waals surface area contributed by atoms with Crippen LogP contribution < -0.4 is 20.1 Å². The molecule has 3 rings (SSSR count). The summed E-state index contributed by atoms with van der Waals surface area (Å²) in [6.07, 6.45) is 5.69. The maximum atomic E-state index is 12.4. The monoisotopic (exact) mass is 369 g/mol. The molecule has 6 heteroatoms. The third-order valence-corrected chi connectivity index (χ3v) is 4.45. The lowest BCUT2D eigenvalue weighted by atomic mass is 10.0. The Hall–Kier alpha value is -2.60. The summed E-state index contributed by atoms with van der Waals surface area (Å²) in [7, 11) is 0. The number of rotatable bonds is 8. The number of carbonyl (C=O) groups excluding carboxylic acids is 1. The van der Waals surface area contributed by atoms with Crippen molar-refractivity contribution < 1.29 is 14.3 Å². The summed E-state index contributed by atoms with van der Waals surface area (Å²) >= 11 is 0. The first-order valence-electron chi connectivity index (χ1n) is 9.62. The van der Waals surface area contributed by atoms with Crippen molar-refractivity contribution >= 4 is 5.91 Å². The van der Waals surface area contributed by atoms with E-state index in [1.807, 2.05) is 36.4 Å². The van der Waals surface area contributed by atoms with Gasteiger partial charge in [0.15, 0.2) is 11.5 Å². The van der Waals surface area contributed by atoms with Gasteiger partial charge in [0, 0.05) is 18.3 Å². The summed E-state index contributed by atoms with van der Waals surface area (Å²) < 4.78 is 11.8. The minimum absolute atomic E-state index is 0.0242. The molecule has 1 aliphatic rings. The predicted octanol–water partition coefficient (Wildman–Crippen LogP) is 3.42. The van der Waals surface area contributed by atoms with Crippen LogP contribution in [0, 0.1) is 0 Å². The number of pyridine rings is 1. The van der Waals surface area contributed by atoms with Crippen molar-refractivity contribution in [3.8, 4) is 17.4 Å². The molecule has 1 aromatic carbocycles. The highest BCUT2D eigenvalue weighted by molar-refractivity contribution is 5.81. The van der Waals surface area contributed by atoms with Crippen molar-refractivity contribution in [3.05, 3.63) is 48.2 Å².